The van der Waals surface area contributed by atoms with Gasteiger partial charge in [-0.2, -0.15) is 4.68 Å². The van der Waals surface area contributed by atoms with Gasteiger partial charge in [-0.15, -0.1) is 5.10 Å². The van der Waals surface area contributed by atoms with Crippen molar-refractivity contribution in [1.29, 1.82) is 0 Å². The summed E-state index contributed by atoms with van der Waals surface area (Å²) < 4.78 is 4.65. The number of aliphatic hydroxyl groups excluding tert-OH is 1. The number of piperidine rings is 1. The van der Waals surface area contributed by atoms with Crippen molar-refractivity contribution in [1.82, 2.24) is 14.3 Å². The quantitative estimate of drug-likeness (QED) is 0.827. The molecule has 6 heteroatoms. The van der Waals surface area contributed by atoms with Crippen LogP contribution in [-0.4, -0.2) is 38.6 Å². The summed E-state index contributed by atoms with van der Waals surface area (Å²) in [5.74, 6) is 0.916. The molecule has 1 aromatic carbocycles. The molecule has 118 valence electrons. The Labute approximate surface area is 135 Å². The fourth-order valence-electron chi connectivity index (χ4n) is 3.03. The molecule has 0 bridgehead atoms. The van der Waals surface area contributed by atoms with E-state index in [-0.39, 0.29) is 6.10 Å². The van der Waals surface area contributed by atoms with Crippen LogP contribution in [0.3, 0.4) is 0 Å². The summed E-state index contributed by atoms with van der Waals surface area (Å²) in [5.41, 5.74) is 2.32. The molecular formula is C16H23N4OS+. The van der Waals surface area contributed by atoms with Crippen molar-refractivity contribution in [2.75, 3.05) is 13.1 Å². The van der Waals surface area contributed by atoms with Crippen LogP contribution in [0.5, 0.6) is 0 Å². The fraction of sp³-hybridized carbons (Fsp3) is 0.500. The van der Waals surface area contributed by atoms with Crippen LogP contribution in [0.15, 0.2) is 24.3 Å². The maximum absolute atomic E-state index is 9.61. The number of hydrogen-bond acceptors (Lipinski definition) is 3. The number of benzene rings is 1. The van der Waals surface area contributed by atoms with Gasteiger partial charge in [0.1, 0.15) is 0 Å². The van der Waals surface area contributed by atoms with Crippen molar-refractivity contribution < 1.29 is 10.0 Å². The lowest BCUT2D eigenvalue weighted by Gasteiger charge is -2.26. The molecule has 1 saturated heterocycles. The summed E-state index contributed by atoms with van der Waals surface area (Å²) in [5, 5.41) is 14.4. The highest BCUT2D eigenvalue weighted by Gasteiger charge is 2.22. The Balaban J connectivity index is 1.87. The number of nitrogens with one attached hydrogen (secondary N) is 1. The highest BCUT2D eigenvalue weighted by molar-refractivity contribution is 7.71. The minimum Gasteiger partial charge on any atom is -0.393 e. The van der Waals surface area contributed by atoms with Gasteiger partial charge in [0.15, 0.2) is 12.5 Å². The molecule has 1 aliphatic heterocycles. The minimum absolute atomic E-state index is 0.136. The van der Waals surface area contributed by atoms with Gasteiger partial charge < -0.3 is 14.6 Å². The van der Waals surface area contributed by atoms with Crippen LogP contribution in [0.1, 0.15) is 18.4 Å². The number of nitrogens with zero attached hydrogens (tertiary/aromatic N) is 3. The molecule has 3 rings (SSSR count). The third kappa shape index (κ3) is 2.99. The smallest absolute Gasteiger partial charge is 0.202 e. The first-order valence-corrected chi connectivity index (χ1v) is 8.18. The van der Waals surface area contributed by atoms with Crippen LogP contribution < -0.4 is 4.90 Å². The maximum Gasteiger partial charge on any atom is 0.202 e. The largest absolute Gasteiger partial charge is 0.393 e. The molecule has 0 radical (unpaired) electrons. The second kappa shape index (κ2) is 6.32. The van der Waals surface area contributed by atoms with E-state index < -0.39 is 0 Å². The van der Waals surface area contributed by atoms with Crippen molar-refractivity contribution in [2.45, 2.75) is 32.5 Å². The van der Waals surface area contributed by atoms with Crippen LogP contribution in [-0.2, 0) is 13.7 Å². The number of aromatic nitrogens is 3. The van der Waals surface area contributed by atoms with Crippen molar-refractivity contribution >= 4 is 12.2 Å². The molecule has 2 heterocycles. The molecular weight excluding hydrogens is 296 g/mol. The summed E-state index contributed by atoms with van der Waals surface area (Å²) in [6.45, 7) is 4.80. The van der Waals surface area contributed by atoms with Crippen LogP contribution in [0.25, 0.3) is 11.4 Å². The van der Waals surface area contributed by atoms with Gasteiger partial charge in [0.2, 0.25) is 4.77 Å². The third-order valence-corrected chi connectivity index (χ3v) is 4.95. The second-order valence-electron chi connectivity index (χ2n) is 6.12. The van der Waals surface area contributed by atoms with Crippen molar-refractivity contribution in [3.05, 3.63) is 34.6 Å². The summed E-state index contributed by atoms with van der Waals surface area (Å²) in [6.07, 6.45) is 1.59. The van der Waals surface area contributed by atoms with E-state index in [9.17, 15) is 5.11 Å². The molecule has 1 fully saturated rings. The fourth-order valence-corrected chi connectivity index (χ4v) is 3.22. The highest BCUT2D eigenvalue weighted by atomic mass is 32.1. The van der Waals surface area contributed by atoms with Gasteiger partial charge in [-0.3, -0.25) is 0 Å². The van der Waals surface area contributed by atoms with E-state index in [0.29, 0.717) is 0 Å². The Kier molecular flexibility index (Phi) is 4.42. The topological polar surface area (TPSA) is 47.4 Å². The van der Waals surface area contributed by atoms with E-state index >= 15 is 0 Å². The highest BCUT2D eigenvalue weighted by Crippen LogP contribution is 2.20. The Morgan fingerprint density at radius 2 is 2.00 bits per heavy atom. The van der Waals surface area contributed by atoms with E-state index in [2.05, 4.69) is 19.1 Å². The lowest BCUT2D eigenvalue weighted by Crippen LogP contribution is -3.12. The van der Waals surface area contributed by atoms with Gasteiger partial charge in [0.25, 0.3) is 0 Å². The monoisotopic (exact) mass is 319 g/mol. The second-order valence-corrected chi connectivity index (χ2v) is 6.48. The van der Waals surface area contributed by atoms with Crippen LogP contribution in [0.4, 0.5) is 0 Å². The minimum atomic E-state index is -0.136. The average molecular weight is 319 g/mol. The molecule has 22 heavy (non-hydrogen) atoms. The first-order valence-electron chi connectivity index (χ1n) is 7.77. The van der Waals surface area contributed by atoms with Gasteiger partial charge in [0.05, 0.1) is 19.2 Å². The molecule has 0 atom stereocenters. The predicted octanol–water partition coefficient (Wildman–Crippen LogP) is 0.924. The molecule has 2 aromatic rings. The zero-order valence-electron chi connectivity index (χ0n) is 13.1. The van der Waals surface area contributed by atoms with Gasteiger partial charge in [-0.05, 0) is 24.7 Å². The lowest BCUT2D eigenvalue weighted by atomic mass is 10.1. The van der Waals surface area contributed by atoms with Gasteiger partial charge in [-0.25, -0.2) is 0 Å². The normalized spacial score (nSPS) is 22.0. The summed E-state index contributed by atoms with van der Waals surface area (Å²) in [7, 11) is 1.98. The van der Waals surface area contributed by atoms with Gasteiger partial charge >= 0.3 is 0 Å². The number of hydrogen-bond donors (Lipinski definition) is 2. The standard InChI is InChI=1S/C16H22N4OS/c1-12-5-3-4-6-14(12)15-17-20(16(22)18(15)2)11-19-9-7-13(21)8-10-19/h3-6,13,21H,7-11H2,1-2H3/p+1. The predicted molar refractivity (Wildman–Crippen MR) is 88.1 cm³/mol. The number of rotatable bonds is 3. The SMILES string of the molecule is Cc1ccccc1-c1nn(C[NH+]2CCC(O)CC2)c(=S)n1C. The first-order chi connectivity index (χ1) is 10.6. The number of aryl methyl sites for hydroxylation is 1. The van der Waals surface area contributed by atoms with Crippen LogP contribution >= 0.6 is 12.2 Å². The third-order valence-electron chi connectivity index (χ3n) is 4.46. The number of likely N-dealkylation sites (tertiary alicyclic amines) is 1. The summed E-state index contributed by atoms with van der Waals surface area (Å²) >= 11 is 5.55. The molecule has 0 saturated carbocycles. The van der Waals surface area contributed by atoms with E-state index in [0.717, 1.165) is 48.8 Å². The van der Waals surface area contributed by atoms with Gasteiger partial charge in [-0.1, -0.05) is 24.3 Å². The van der Waals surface area contributed by atoms with Crippen LogP contribution in [0, 0.1) is 11.7 Å². The van der Waals surface area contributed by atoms with E-state index in [1.54, 1.807) is 0 Å². The number of quaternary nitrogens is 1. The molecule has 1 aliphatic rings. The Bertz CT molecular complexity index is 713. The molecule has 5 nitrogen and oxygen atoms in total. The summed E-state index contributed by atoms with van der Waals surface area (Å²) in [4.78, 5) is 1.43. The van der Waals surface area contributed by atoms with Crippen molar-refractivity contribution in [3.63, 3.8) is 0 Å². The van der Waals surface area contributed by atoms with Crippen molar-refractivity contribution in [3.8, 4) is 11.4 Å². The maximum atomic E-state index is 9.61. The first kappa shape index (κ1) is 15.4. The number of aliphatic hydroxyl groups is 1. The average Bonchev–Trinajstić information content (AvgIpc) is 2.78. The Hall–Kier alpha value is -1.50. The lowest BCUT2D eigenvalue weighted by molar-refractivity contribution is -0.929. The molecule has 0 amide bonds. The Morgan fingerprint density at radius 3 is 2.68 bits per heavy atom. The Morgan fingerprint density at radius 1 is 1.32 bits per heavy atom. The molecule has 1 aromatic heterocycles. The van der Waals surface area contributed by atoms with Crippen LogP contribution in [0.2, 0.25) is 0 Å². The zero-order chi connectivity index (χ0) is 15.7. The van der Waals surface area contributed by atoms with E-state index in [1.807, 2.05) is 28.4 Å². The van der Waals surface area contributed by atoms with E-state index in [4.69, 9.17) is 17.3 Å². The zero-order valence-corrected chi connectivity index (χ0v) is 13.9. The molecule has 0 spiro atoms. The van der Waals surface area contributed by atoms with Gasteiger partial charge in [0, 0.05) is 25.5 Å². The summed E-state index contributed by atoms with van der Waals surface area (Å²) in [6, 6.07) is 8.24. The molecule has 2 N–H and O–H groups in total. The van der Waals surface area contributed by atoms with Crippen molar-refractivity contribution in [2.24, 2.45) is 7.05 Å². The molecule has 0 unspecified atom stereocenters. The molecule has 0 aliphatic carbocycles. The van der Waals surface area contributed by atoms with E-state index in [1.165, 1.54) is 10.5 Å².